The van der Waals surface area contributed by atoms with Gasteiger partial charge in [-0.05, 0) is 19.1 Å². The van der Waals surface area contributed by atoms with Crippen molar-refractivity contribution in [2.45, 2.75) is 6.92 Å². The highest BCUT2D eigenvalue weighted by Gasteiger charge is 2.21. The molecule has 2 heterocycles. The Labute approximate surface area is 161 Å². The number of carbonyl (C=O) groups excluding carboxylic acids is 1. The number of aromatic nitrogens is 3. The molecule has 4 aromatic rings. The molecular formula is C21H16ClN3O2. The van der Waals surface area contributed by atoms with E-state index in [9.17, 15) is 4.79 Å². The molecule has 4 rings (SSSR count). The van der Waals surface area contributed by atoms with Crippen molar-refractivity contribution in [3.63, 3.8) is 0 Å². The molecule has 1 N–H and O–H groups in total. The number of hydrogen-bond donors (Lipinski definition) is 1. The molecule has 0 unspecified atom stereocenters. The summed E-state index contributed by atoms with van der Waals surface area (Å²) in [6.07, 6.45) is 0. The first-order chi connectivity index (χ1) is 13.2. The van der Waals surface area contributed by atoms with Crippen molar-refractivity contribution in [1.29, 1.82) is 0 Å². The fourth-order valence-electron chi connectivity index (χ4n) is 3.01. The third kappa shape index (κ3) is 3.17. The van der Waals surface area contributed by atoms with Gasteiger partial charge in [0.15, 0.2) is 5.65 Å². The zero-order chi connectivity index (χ0) is 18.8. The van der Waals surface area contributed by atoms with Gasteiger partial charge in [-0.25, -0.2) is 9.78 Å². The van der Waals surface area contributed by atoms with E-state index in [1.807, 2.05) is 48.5 Å². The molecule has 0 aliphatic carbocycles. The van der Waals surface area contributed by atoms with Crippen molar-refractivity contribution in [1.82, 2.24) is 15.2 Å². The summed E-state index contributed by atoms with van der Waals surface area (Å²) < 4.78 is 5.28. The van der Waals surface area contributed by atoms with Gasteiger partial charge in [-0.3, -0.25) is 5.10 Å². The molecule has 0 fully saturated rings. The number of esters is 1. The molecule has 2 aromatic heterocycles. The average molecular weight is 378 g/mol. The predicted octanol–water partition coefficient (Wildman–Crippen LogP) is 5.12. The van der Waals surface area contributed by atoms with Crippen molar-refractivity contribution in [2.24, 2.45) is 0 Å². The van der Waals surface area contributed by atoms with Crippen LogP contribution in [0.5, 0.6) is 0 Å². The Morgan fingerprint density at radius 2 is 1.85 bits per heavy atom. The fraction of sp³-hybridized carbons (Fsp3) is 0.0952. The van der Waals surface area contributed by atoms with Crippen LogP contribution in [-0.4, -0.2) is 27.8 Å². The van der Waals surface area contributed by atoms with Gasteiger partial charge < -0.3 is 4.74 Å². The number of carbonyl (C=O) groups is 1. The number of nitrogens with one attached hydrogen (secondary N) is 1. The van der Waals surface area contributed by atoms with Gasteiger partial charge in [-0.2, -0.15) is 5.10 Å². The summed E-state index contributed by atoms with van der Waals surface area (Å²) in [4.78, 5) is 17.3. The lowest BCUT2D eigenvalue weighted by Gasteiger charge is -2.09. The van der Waals surface area contributed by atoms with Crippen LogP contribution in [0.1, 0.15) is 17.3 Å². The largest absolute Gasteiger partial charge is 0.462 e. The van der Waals surface area contributed by atoms with Crippen molar-refractivity contribution in [3.05, 3.63) is 71.2 Å². The van der Waals surface area contributed by atoms with Crippen LogP contribution in [0.4, 0.5) is 0 Å². The number of fused-ring (bicyclic) bond motifs is 1. The van der Waals surface area contributed by atoms with Crippen LogP contribution in [0.25, 0.3) is 33.5 Å². The van der Waals surface area contributed by atoms with Gasteiger partial charge in [0.05, 0.1) is 28.9 Å². The summed E-state index contributed by atoms with van der Waals surface area (Å²) in [6, 6.07) is 18.8. The number of halogens is 1. The third-order valence-electron chi connectivity index (χ3n) is 4.23. The number of pyridine rings is 1. The van der Waals surface area contributed by atoms with Crippen LogP contribution in [-0.2, 0) is 4.74 Å². The minimum atomic E-state index is -0.420. The summed E-state index contributed by atoms with van der Waals surface area (Å²) in [7, 11) is 0. The molecule has 6 heteroatoms. The van der Waals surface area contributed by atoms with E-state index in [1.165, 1.54) is 0 Å². The molecule has 0 bridgehead atoms. The number of nitrogens with zero attached hydrogens (tertiary/aromatic N) is 2. The zero-order valence-electron chi connectivity index (χ0n) is 14.6. The number of benzene rings is 2. The van der Waals surface area contributed by atoms with Crippen molar-refractivity contribution < 1.29 is 9.53 Å². The monoisotopic (exact) mass is 377 g/mol. The lowest BCUT2D eigenvalue weighted by Crippen LogP contribution is -2.06. The van der Waals surface area contributed by atoms with Crippen LogP contribution >= 0.6 is 11.6 Å². The van der Waals surface area contributed by atoms with E-state index in [4.69, 9.17) is 16.3 Å². The molecule has 0 atom stereocenters. The van der Waals surface area contributed by atoms with Crippen molar-refractivity contribution in [3.8, 4) is 22.5 Å². The minimum Gasteiger partial charge on any atom is -0.462 e. The highest BCUT2D eigenvalue weighted by Crippen LogP contribution is 2.33. The second-order valence-electron chi connectivity index (χ2n) is 5.92. The maximum absolute atomic E-state index is 12.7. The van der Waals surface area contributed by atoms with Crippen LogP contribution in [0.2, 0.25) is 5.02 Å². The first-order valence-corrected chi connectivity index (χ1v) is 8.93. The summed E-state index contributed by atoms with van der Waals surface area (Å²) in [5, 5.41) is 8.52. The summed E-state index contributed by atoms with van der Waals surface area (Å²) in [6.45, 7) is 2.06. The van der Waals surface area contributed by atoms with Crippen LogP contribution in [0.3, 0.4) is 0 Å². The second kappa shape index (κ2) is 7.21. The third-order valence-corrected chi connectivity index (χ3v) is 4.56. The SMILES string of the molecule is CCOC(=O)c1cc(-c2ccccc2Cl)nc2n[nH]c(-c3ccccc3)c12. The van der Waals surface area contributed by atoms with Gasteiger partial charge in [-0.15, -0.1) is 0 Å². The van der Waals surface area contributed by atoms with E-state index >= 15 is 0 Å². The molecule has 134 valence electrons. The first-order valence-electron chi connectivity index (χ1n) is 8.55. The number of H-pyrrole nitrogens is 1. The predicted molar refractivity (Wildman–Crippen MR) is 106 cm³/mol. The number of hydrogen-bond acceptors (Lipinski definition) is 4. The standard InChI is InChI=1S/C21H16ClN3O2/c1-2-27-21(26)15-12-17(14-10-6-7-11-16(14)22)23-20-18(15)19(24-25-20)13-8-4-3-5-9-13/h3-12H,2H2,1H3,(H,23,24,25). The minimum absolute atomic E-state index is 0.280. The Morgan fingerprint density at radius 3 is 2.59 bits per heavy atom. The topological polar surface area (TPSA) is 67.9 Å². The molecule has 0 aliphatic rings. The first kappa shape index (κ1) is 17.2. The number of rotatable bonds is 4. The summed E-state index contributed by atoms with van der Waals surface area (Å²) in [5.41, 5.74) is 3.79. The van der Waals surface area contributed by atoms with Gasteiger partial charge in [0.25, 0.3) is 0 Å². The summed E-state index contributed by atoms with van der Waals surface area (Å²) >= 11 is 6.32. The van der Waals surface area contributed by atoms with Crippen LogP contribution in [0.15, 0.2) is 60.7 Å². The molecule has 0 radical (unpaired) electrons. The Hall–Kier alpha value is -3.18. The Morgan fingerprint density at radius 1 is 1.11 bits per heavy atom. The van der Waals surface area contributed by atoms with E-state index in [2.05, 4.69) is 15.2 Å². The number of ether oxygens (including phenoxy) is 1. The summed E-state index contributed by atoms with van der Waals surface area (Å²) in [5.74, 6) is -0.420. The zero-order valence-corrected chi connectivity index (χ0v) is 15.3. The molecular weight excluding hydrogens is 362 g/mol. The normalized spacial score (nSPS) is 10.9. The highest BCUT2D eigenvalue weighted by molar-refractivity contribution is 6.33. The average Bonchev–Trinajstić information content (AvgIpc) is 3.12. The molecule has 0 spiro atoms. The lowest BCUT2D eigenvalue weighted by molar-refractivity contribution is 0.0528. The fourth-order valence-corrected chi connectivity index (χ4v) is 3.25. The Balaban J connectivity index is 1.99. The van der Waals surface area contributed by atoms with Crippen LogP contribution in [0, 0.1) is 0 Å². The van der Waals surface area contributed by atoms with Crippen LogP contribution < -0.4 is 0 Å². The van der Waals surface area contributed by atoms with Gasteiger partial charge in [0.1, 0.15) is 0 Å². The van der Waals surface area contributed by atoms with E-state index in [0.29, 0.717) is 27.3 Å². The molecule has 0 amide bonds. The van der Waals surface area contributed by atoms with Crippen molar-refractivity contribution in [2.75, 3.05) is 6.61 Å². The molecule has 27 heavy (non-hydrogen) atoms. The number of aromatic amines is 1. The lowest BCUT2D eigenvalue weighted by atomic mass is 10.0. The van der Waals surface area contributed by atoms with E-state index < -0.39 is 5.97 Å². The highest BCUT2D eigenvalue weighted by atomic mass is 35.5. The van der Waals surface area contributed by atoms with Gasteiger partial charge in [-0.1, -0.05) is 60.1 Å². The van der Waals surface area contributed by atoms with E-state index in [-0.39, 0.29) is 6.61 Å². The molecule has 5 nitrogen and oxygen atoms in total. The molecule has 0 saturated carbocycles. The maximum atomic E-state index is 12.7. The van der Waals surface area contributed by atoms with Crippen molar-refractivity contribution >= 4 is 28.6 Å². The molecule has 0 saturated heterocycles. The van der Waals surface area contributed by atoms with E-state index in [0.717, 1.165) is 16.8 Å². The Kier molecular flexibility index (Phi) is 4.60. The molecule has 2 aromatic carbocycles. The smallest absolute Gasteiger partial charge is 0.339 e. The van der Waals surface area contributed by atoms with Gasteiger partial charge >= 0.3 is 5.97 Å². The maximum Gasteiger partial charge on any atom is 0.339 e. The van der Waals surface area contributed by atoms with Gasteiger partial charge in [0, 0.05) is 16.1 Å². The Bertz CT molecular complexity index is 1120. The second-order valence-corrected chi connectivity index (χ2v) is 6.33. The molecule has 0 aliphatic heterocycles. The van der Waals surface area contributed by atoms with E-state index in [1.54, 1.807) is 19.1 Å². The quantitative estimate of drug-likeness (QED) is 0.501. The van der Waals surface area contributed by atoms with Gasteiger partial charge in [0.2, 0.25) is 0 Å².